The number of aromatic nitrogens is 1. The van der Waals surface area contributed by atoms with Crippen molar-refractivity contribution in [1.82, 2.24) is 9.88 Å². The maximum atomic E-state index is 6.62. The van der Waals surface area contributed by atoms with Gasteiger partial charge in [-0.25, -0.2) is 9.98 Å². The van der Waals surface area contributed by atoms with E-state index >= 15 is 0 Å². The van der Waals surface area contributed by atoms with E-state index in [1.807, 2.05) is 36.4 Å². The summed E-state index contributed by atoms with van der Waals surface area (Å²) in [6.07, 6.45) is 11.0. The van der Waals surface area contributed by atoms with Gasteiger partial charge < -0.3 is 14.3 Å². The second kappa shape index (κ2) is 13.9. The van der Waals surface area contributed by atoms with Gasteiger partial charge in [0.1, 0.15) is 22.7 Å². The standard InChI is InChI=1S/C52H44N4O/c1-33-30-48-44(49-41(21-13-23-47(49)57-48)52-54-50(36-16-7-3-8-17-36)53-51(55-52)37-18-9-4-10-19-37)32-42(33)38-26-29-46-43(31-38)40-20-11-12-22-45(40)56(46)39-27-24-35(25-28-39)34-14-5-2-6-15-34/h3-4,7-13,16-34,42,52H,2,5-6,14-15H2,1H3,(H,53,54,55). The SMILES string of the molecule is CC1C=c2oc3cccc(C4N=C(c5ccccc5)NC(c5ccccc5)=N4)c3c2=CC1c1ccc2c(c1)c1ccccc1n2-c1ccc(C2CCCCC2)cc1. The van der Waals surface area contributed by atoms with Crippen LogP contribution in [0, 0.1) is 5.92 Å². The zero-order valence-corrected chi connectivity index (χ0v) is 32.1. The van der Waals surface area contributed by atoms with Crippen LogP contribution in [0.5, 0.6) is 0 Å². The van der Waals surface area contributed by atoms with Crippen LogP contribution in [0.2, 0.25) is 0 Å². The molecule has 2 atom stereocenters. The molecule has 278 valence electrons. The molecule has 3 heterocycles. The molecule has 1 N–H and O–H groups in total. The zero-order chi connectivity index (χ0) is 37.9. The molecule has 2 aliphatic carbocycles. The minimum atomic E-state index is -0.451. The molecule has 3 aliphatic rings. The molecular formula is C52H44N4O. The number of hydrogen-bond donors (Lipinski definition) is 1. The third-order valence-corrected chi connectivity index (χ3v) is 12.6. The molecule has 5 heteroatoms. The average Bonchev–Trinajstić information content (AvgIpc) is 3.81. The van der Waals surface area contributed by atoms with E-state index in [1.54, 1.807) is 0 Å². The van der Waals surface area contributed by atoms with Crippen molar-refractivity contribution < 1.29 is 4.42 Å². The molecule has 0 spiro atoms. The van der Waals surface area contributed by atoms with Crippen LogP contribution in [-0.2, 0) is 0 Å². The van der Waals surface area contributed by atoms with E-state index in [1.165, 1.54) is 70.7 Å². The lowest BCUT2D eigenvalue weighted by molar-refractivity contribution is 0.443. The molecule has 1 saturated carbocycles. The smallest absolute Gasteiger partial charge is 0.170 e. The summed E-state index contributed by atoms with van der Waals surface area (Å²) in [4.78, 5) is 10.5. The Kier molecular flexibility index (Phi) is 8.27. The van der Waals surface area contributed by atoms with Crippen molar-refractivity contribution in [3.05, 3.63) is 184 Å². The number of amidine groups is 2. The van der Waals surface area contributed by atoms with E-state index < -0.39 is 6.17 Å². The molecule has 1 aliphatic heterocycles. The highest BCUT2D eigenvalue weighted by atomic mass is 16.3. The summed E-state index contributed by atoms with van der Waals surface area (Å²) < 4.78 is 9.07. The first-order valence-electron chi connectivity index (χ1n) is 20.6. The van der Waals surface area contributed by atoms with Crippen molar-refractivity contribution in [3.8, 4) is 5.69 Å². The highest BCUT2D eigenvalue weighted by Crippen LogP contribution is 2.39. The lowest BCUT2D eigenvalue weighted by Crippen LogP contribution is -2.36. The predicted octanol–water partition coefficient (Wildman–Crippen LogP) is 11.1. The van der Waals surface area contributed by atoms with Crippen LogP contribution in [0.1, 0.15) is 84.8 Å². The molecule has 5 nitrogen and oxygen atoms in total. The van der Waals surface area contributed by atoms with E-state index in [9.17, 15) is 0 Å². The van der Waals surface area contributed by atoms with Crippen molar-refractivity contribution in [1.29, 1.82) is 0 Å². The first-order valence-corrected chi connectivity index (χ1v) is 20.6. The molecule has 2 unspecified atom stereocenters. The van der Waals surface area contributed by atoms with Gasteiger partial charge in [-0.15, -0.1) is 0 Å². The van der Waals surface area contributed by atoms with Crippen LogP contribution in [-0.4, -0.2) is 16.2 Å². The molecular weight excluding hydrogens is 697 g/mol. The molecule has 0 radical (unpaired) electrons. The molecule has 1 fully saturated rings. The van der Waals surface area contributed by atoms with Gasteiger partial charge in [-0.1, -0.05) is 141 Å². The minimum Gasteiger partial charge on any atom is -0.456 e. The molecule has 0 saturated heterocycles. The van der Waals surface area contributed by atoms with Gasteiger partial charge in [-0.3, -0.25) is 0 Å². The first kappa shape index (κ1) is 33.8. The Morgan fingerprint density at radius 2 is 1.28 bits per heavy atom. The Morgan fingerprint density at radius 1 is 0.614 bits per heavy atom. The highest BCUT2D eigenvalue weighted by molar-refractivity contribution is 6.16. The van der Waals surface area contributed by atoms with Crippen LogP contribution in [0.4, 0.5) is 0 Å². The zero-order valence-electron chi connectivity index (χ0n) is 32.1. The van der Waals surface area contributed by atoms with E-state index in [4.69, 9.17) is 14.4 Å². The van der Waals surface area contributed by atoms with Crippen LogP contribution in [0.3, 0.4) is 0 Å². The number of hydrogen-bond acceptors (Lipinski definition) is 4. The summed E-state index contributed by atoms with van der Waals surface area (Å²) in [5.41, 5.74) is 11.3. The molecule has 0 amide bonds. The molecule has 57 heavy (non-hydrogen) atoms. The molecule has 0 bridgehead atoms. The predicted molar refractivity (Wildman–Crippen MR) is 235 cm³/mol. The number of benzene rings is 6. The molecule has 11 rings (SSSR count). The maximum Gasteiger partial charge on any atom is 0.170 e. The summed E-state index contributed by atoms with van der Waals surface area (Å²) in [6, 6.07) is 52.3. The fourth-order valence-electron chi connectivity index (χ4n) is 9.68. The maximum absolute atomic E-state index is 6.62. The van der Waals surface area contributed by atoms with Crippen LogP contribution >= 0.6 is 0 Å². The number of nitrogens with zero attached hydrogens (tertiary/aromatic N) is 3. The van der Waals surface area contributed by atoms with Crippen LogP contribution in [0.15, 0.2) is 160 Å². The van der Waals surface area contributed by atoms with Crippen molar-refractivity contribution in [3.63, 3.8) is 0 Å². The normalized spacial score (nSPS) is 18.8. The number of nitrogens with one attached hydrogen (secondary N) is 1. The molecule has 6 aromatic carbocycles. The van der Waals surface area contributed by atoms with E-state index in [-0.39, 0.29) is 11.8 Å². The Bertz CT molecular complexity index is 2930. The van der Waals surface area contributed by atoms with E-state index in [0.29, 0.717) is 5.92 Å². The Labute approximate surface area is 332 Å². The van der Waals surface area contributed by atoms with E-state index in [2.05, 4.69) is 138 Å². The summed E-state index contributed by atoms with van der Waals surface area (Å²) in [6.45, 7) is 2.30. The molecule has 8 aromatic rings. The van der Waals surface area contributed by atoms with Crippen molar-refractivity contribution in [2.24, 2.45) is 15.9 Å². The van der Waals surface area contributed by atoms with Gasteiger partial charge in [0.25, 0.3) is 0 Å². The minimum absolute atomic E-state index is 0.160. The summed E-state index contributed by atoms with van der Waals surface area (Å²) in [5, 5.41) is 8.30. The summed E-state index contributed by atoms with van der Waals surface area (Å²) >= 11 is 0. The Hall–Kier alpha value is -6.46. The molecule has 2 aromatic heterocycles. The van der Waals surface area contributed by atoms with Gasteiger partial charge in [0.2, 0.25) is 0 Å². The fraction of sp³-hybridized carbons (Fsp3) is 0.192. The monoisotopic (exact) mass is 740 g/mol. The van der Waals surface area contributed by atoms with Gasteiger partial charge in [0.05, 0.1) is 11.0 Å². The topological polar surface area (TPSA) is 54.8 Å². The highest BCUT2D eigenvalue weighted by Gasteiger charge is 2.27. The number of furan rings is 1. The van der Waals surface area contributed by atoms with Crippen LogP contribution in [0.25, 0.3) is 50.6 Å². The third kappa shape index (κ3) is 5.92. The van der Waals surface area contributed by atoms with Gasteiger partial charge >= 0.3 is 0 Å². The van der Waals surface area contributed by atoms with E-state index in [0.717, 1.165) is 50.0 Å². The van der Waals surface area contributed by atoms with Crippen molar-refractivity contribution >= 4 is 56.6 Å². The number of para-hydroxylation sites is 1. The van der Waals surface area contributed by atoms with Gasteiger partial charge in [-0.05, 0) is 78.3 Å². The van der Waals surface area contributed by atoms with Crippen LogP contribution < -0.4 is 16.0 Å². The number of rotatable bonds is 6. The quantitative estimate of drug-likeness (QED) is 0.185. The Balaban J connectivity index is 1.02. The van der Waals surface area contributed by atoms with Gasteiger partial charge in [-0.2, -0.15) is 0 Å². The second-order valence-electron chi connectivity index (χ2n) is 16.1. The second-order valence-corrected chi connectivity index (χ2v) is 16.1. The largest absolute Gasteiger partial charge is 0.456 e. The third-order valence-electron chi connectivity index (χ3n) is 12.6. The average molecular weight is 741 g/mol. The van der Waals surface area contributed by atoms with Gasteiger partial charge in [0.15, 0.2) is 6.17 Å². The van der Waals surface area contributed by atoms with Crippen molar-refractivity contribution in [2.45, 2.75) is 57.0 Å². The summed E-state index contributed by atoms with van der Waals surface area (Å²) in [7, 11) is 0. The summed E-state index contributed by atoms with van der Waals surface area (Å²) in [5.74, 6) is 2.70. The fourth-order valence-corrected chi connectivity index (χ4v) is 9.68. The van der Waals surface area contributed by atoms with Crippen molar-refractivity contribution in [2.75, 3.05) is 0 Å². The van der Waals surface area contributed by atoms with Gasteiger partial charge in [0, 0.05) is 49.7 Å². The number of fused-ring (bicyclic) bond motifs is 6. The lowest BCUT2D eigenvalue weighted by atomic mass is 9.83. The Morgan fingerprint density at radius 3 is 2.02 bits per heavy atom. The first-order chi connectivity index (χ1) is 28.2. The number of aliphatic imine (C=N–C) groups is 2. The lowest BCUT2D eigenvalue weighted by Gasteiger charge is -2.23.